The van der Waals surface area contributed by atoms with E-state index in [0.717, 1.165) is 21.8 Å². The van der Waals surface area contributed by atoms with Crippen molar-refractivity contribution in [2.24, 2.45) is 0 Å². The smallest absolute Gasteiger partial charge is 0.286 e. The van der Waals surface area contributed by atoms with Crippen molar-refractivity contribution in [2.45, 2.75) is 32.8 Å². The number of pyridine rings is 1. The van der Waals surface area contributed by atoms with Crippen LogP contribution in [0.25, 0.3) is 11.1 Å². The van der Waals surface area contributed by atoms with Crippen LogP contribution in [0.15, 0.2) is 24.3 Å². The number of halogens is 1. The van der Waals surface area contributed by atoms with Crippen LogP contribution in [-0.2, 0) is 16.1 Å². The van der Waals surface area contributed by atoms with Gasteiger partial charge in [-0.3, -0.25) is 9.63 Å². The Bertz CT molecular complexity index is 823. The van der Waals surface area contributed by atoms with Gasteiger partial charge in [0.05, 0.1) is 7.11 Å². The maximum Gasteiger partial charge on any atom is 0.286 e. The fraction of sp³-hybridized carbons (Fsp3) is 0.368. The van der Waals surface area contributed by atoms with Gasteiger partial charge in [-0.05, 0) is 49.9 Å². The fourth-order valence-corrected chi connectivity index (χ4v) is 3.02. The number of hydroxylamine groups is 2. The average Bonchev–Trinajstić information content (AvgIpc) is 2.59. The SMILES string of the molecule is CON(C)C(=O)C1CCc2c(-c3ccc(C)cc3F)cc(C)nc2O1. The summed E-state index contributed by atoms with van der Waals surface area (Å²) in [5.74, 6) is -0.145. The quantitative estimate of drug-likeness (QED) is 0.802. The zero-order valence-corrected chi connectivity index (χ0v) is 14.8. The number of likely N-dealkylation sites (N-methyl/N-ethyl adjacent to an activating group) is 1. The minimum absolute atomic E-state index is 0.264. The van der Waals surface area contributed by atoms with Crippen molar-refractivity contribution >= 4 is 5.91 Å². The van der Waals surface area contributed by atoms with Crippen LogP contribution in [0.5, 0.6) is 5.88 Å². The molecule has 0 N–H and O–H groups in total. The number of nitrogens with zero attached hydrogens (tertiary/aromatic N) is 2. The van der Waals surface area contributed by atoms with Gasteiger partial charge in [-0.15, -0.1) is 0 Å². The van der Waals surface area contributed by atoms with Crippen LogP contribution in [-0.4, -0.2) is 36.2 Å². The number of ether oxygens (including phenoxy) is 1. The van der Waals surface area contributed by atoms with Gasteiger partial charge < -0.3 is 4.74 Å². The summed E-state index contributed by atoms with van der Waals surface area (Å²) in [5.41, 5.74) is 3.70. The Labute approximate surface area is 146 Å². The third kappa shape index (κ3) is 3.35. The Balaban J connectivity index is 2.00. The second-order valence-corrected chi connectivity index (χ2v) is 6.24. The lowest BCUT2D eigenvalue weighted by Crippen LogP contribution is -2.41. The Morgan fingerprint density at radius 2 is 2.08 bits per heavy atom. The van der Waals surface area contributed by atoms with E-state index in [9.17, 15) is 9.18 Å². The number of fused-ring (bicyclic) bond motifs is 1. The summed E-state index contributed by atoms with van der Waals surface area (Å²) in [5, 5.41) is 1.14. The summed E-state index contributed by atoms with van der Waals surface area (Å²) in [6.45, 7) is 3.68. The topological polar surface area (TPSA) is 51.7 Å². The highest BCUT2D eigenvalue weighted by atomic mass is 19.1. The van der Waals surface area contributed by atoms with Crippen LogP contribution in [0.1, 0.15) is 23.2 Å². The predicted octanol–water partition coefficient (Wildman–Crippen LogP) is 3.22. The minimum atomic E-state index is -0.650. The van der Waals surface area contributed by atoms with E-state index in [1.54, 1.807) is 6.07 Å². The van der Waals surface area contributed by atoms with Crippen LogP contribution in [0.2, 0.25) is 0 Å². The summed E-state index contributed by atoms with van der Waals surface area (Å²) in [6.07, 6.45) is 0.423. The minimum Gasteiger partial charge on any atom is -0.464 e. The second kappa shape index (κ2) is 6.80. The number of aryl methyl sites for hydroxylation is 2. The van der Waals surface area contributed by atoms with Crippen molar-refractivity contribution in [1.82, 2.24) is 10.0 Å². The normalized spacial score (nSPS) is 16.1. The van der Waals surface area contributed by atoms with E-state index in [1.807, 2.05) is 26.0 Å². The van der Waals surface area contributed by atoms with Gasteiger partial charge in [0.1, 0.15) is 5.82 Å². The highest BCUT2D eigenvalue weighted by Gasteiger charge is 2.31. The number of carbonyl (C=O) groups is 1. The van der Waals surface area contributed by atoms with Crippen LogP contribution in [0.3, 0.4) is 0 Å². The fourth-order valence-electron chi connectivity index (χ4n) is 3.02. The number of hydrogen-bond donors (Lipinski definition) is 0. The Morgan fingerprint density at radius 1 is 1.32 bits per heavy atom. The first-order valence-electron chi connectivity index (χ1n) is 8.16. The summed E-state index contributed by atoms with van der Waals surface area (Å²) in [6, 6.07) is 7.03. The lowest BCUT2D eigenvalue weighted by atomic mass is 9.93. The molecule has 1 aromatic carbocycles. The molecule has 0 bridgehead atoms. The zero-order chi connectivity index (χ0) is 18.1. The Morgan fingerprint density at radius 3 is 2.76 bits per heavy atom. The molecule has 1 aromatic heterocycles. The maximum absolute atomic E-state index is 14.5. The third-order valence-electron chi connectivity index (χ3n) is 4.40. The van der Waals surface area contributed by atoms with Crippen molar-refractivity contribution in [2.75, 3.05) is 14.2 Å². The highest BCUT2D eigenvalue weighted by Crippen LogP contribution is 2.36. The molecule has 0 aliphatic carbocycles. The molecule has 0 spiro atoms. The number of rotatable bonds is 3. The molecule has 0 fully saturated rings. The van der Waals surface area contributed by atoms with Crippen LogP contribution < -0.4 is 4.74 Å². The van der Waals surface area contributed by atoms with Crippen LogP contribution in [0, 0.1) is 19.7 Å². The first-order valence-corrected chi connectivity index (χ1v) is 8.16. The molecule has 0 saturated carbocycles. The van der Waals surface area contributed by atoms with E-state index in [-0.39, 0.29) is 11.7 Å². The van der Waals surface area contributed by atoms with Gasteiger partial charge in [0.25, 0.3) is 5.91 Å². The van der Waals surface area contributed by atoms with E-state index in [2.05, 4.69) is 4.98 Å². The van der Waals surface area contributed by atoms with Crippen LogP contribution >= 0.6 is 0 Å². The standard InChI is InChI=1S/C19H21FN2O3/c1-11-5-6-13(16(20)9-11)15-10-12(2)21-18-14(15)7-8-17(25-18)19(23)22(3)24-4/h5-6,9-10,17H,7-8H2,1-4H3. The van der Waals surface area contributed by atoms with Gasteiger partial charge in [0.15, 0.2) is 6.10 Å². The molecule has 1 unspecified atom stereocenters. The summed E-state index contributed by atoms with van der Waals surface area (Å²) in [7, 11) is 2.97. The molecule has 1 aliphatic rings. The van der Waals surface area contributed by atoms with Gasteiger partial charge in [-0.25, -0.2) is 14.4 Å². The average molecular weight is 344 g/mol. The number of aromatic nitrogens is 1. The van der Waals surface area contributed by atoms with E-state index < -0.39 is 6.10 Å². The maximum atomic E-state index is 14.5. The molecule has 2 heterocycles. The molecule has 2 aromatic rings. The molecule has 1 amide bonds. The van der Waals surface area contributed by atoms with Gasteiger partial charge >= 0.3 is 0 Å². The number of amides is 1. The molecule has 0 radical (unpaired) electrons. The van der Waals surface area contributed by atoms with E-state index in [1.165, 1.54) is 20.2 Å². The highest BCUT2D eigenvalue weighted by molar-refractivity contribution is 5.81. The van der Waals surface area contributed by atoms with E-state index >= 15 is 0 Å². The lowest BCUT2D eigenvalue weighted by Gasteiger charge is -2.28. The van der Waals surface area contributed by atoms with Crippen molar-refractivity contribution in [3.63, 3.8) is 0 Å². The van der Waals surface area contributed by atoms with Crippen molar-refractivity contribution in [1.29, 1.82) is 0 Å². The second-order valence-electron chi connectivity index (χ2n) is 6.24. The number of hydrogen-bond acceptors (Lipinski definition) is 4. The first kappa shape index (κ1) is 17.4. The molecule has 1 aliphatic heterocycles. The summed E-state index contributed by atoms with van der Waals surface area (Å²) < 4.78 is 20.3. The first-order chi connectivity index (χ1) is 11.9. The lowest BCUT2D eigenvalue weighted by molar-refractivity contribution is -0.177. The molecule has 1 atom stereocenters. The third-order valence-corrected chi connectivity index (χ3v) is 4.40. The molecule has 0 saturated heterocycles. The van der Waals surface area contributed by atoms with Gasteiger partial charge in [-0.1, -0.05) is 12.1 Å². The number of benzene rings is 1. The Kier molecular flexibility index (Phi) is 4.72. The van der Waals surface area contributed by atoms with Crippen molar-refractivity contribution < 1.29 is 18.8 Å². The number of carbonyl (C=O) groups excluding carboxylic acids is 1. The zero-order valence-electron chi connectivity index (χ0n) is 14.8. The van der Waals surface area contributed by atoms with Gasteiger partial charge in [0.2, 0.25) is 5.88 Å². The molecule has 132 valence electrons. The molecular formula is C19H21FN2O3. The van der Waals surface area contributed by atoms with Gasteiger partial charge in [-0.2, -0.15) is 0 Å². The molecule has 25 heavy (non-hydrogen) atoms. The van der Waals surface area contributed by atoms with E-state index in [0.29, 0.717) is 30.0 Å². The molecule has 6 heteroatoms. The largest absolute Gasteiger partial charge is 0.464 e. The summed E-state index contributed by atoms with van der Waals surface area (Å²) >= 11 is 0. The predicted molar refractivity (Wildman–Crippen MR) is 91.6 cm³/mol. The molecule has 5 nitrogen and oxygen atoms in total. The van der Waals surface area contributed by atoms with E-state index in [4.69, 9.17) is 9.57 Å². The molecular weight excluding hydrogens is 323 g/mol. The van der Waals surface area contributed by atoms with Crippen LogP contribution in [0.4, 0.5) is 4.39 Å². The monoisotopic (exact) mass is 344 g/mol. The summed E-state index contributed by atoms with van der Waals surface area (Å²) in [4.78, 5) is 21.6. The molecule has 3 rings (SSSR count). The Hall–Kier alpha value is -2.47. The van der Waals surface area contributed by atoms with Crippen molar-refractivity contribution in [3.8, 4) is 17.0 Å². The van der Waals surface area contributed by atoms with Gasteiger partial charge in [0, 0.05) is 23.9 Å². The van der Waals surface area contributed by atoms with Crippen molar-refractivity contribution in [3.05, 3.63) is 46.9 Å².